The summed E-state index contributed by atoms with van der Waals surface area (Å²) in [7, 11) is 0. The molecule has 0 aromatic heterocycles. The van der Waals surface area contributed by atoms with Gasteiger partial charge in [-0.05, 0) is 49.3 Å². The predicted octanol–water partition coefficient (Wildman–Crippen LogP) is 2.97. The molecule has 1 saturated heterocycles. The fourth-order valence-electron chi connectivity index (χ4n) is 3.47. The number of nitrogens with one attached hydrogen (secondary N) is 1. The summed E-state index contributed by atoms with van der Waals surface area (Å²) in [5.41, 5.74) is 7.75. The van der Waals surface area contributed by atoms with Crippen LogP contribution < -0.4 is 11.1 Å². The Labute approximate surface area is 120 Å². The molecule has 3 atom stereocenters. The van der Waals surface area contributed by atoms with E-state index in [4.69, 9.17) is 5.73 Å². The van der Waals surface area contributed by atoms with Crippen molar-refractivity contribution in [3.63, 3.8) is 0 Å². The molecule has 3 unspecified atom stereocenters. The highest BCUT2D eigenvalue weighted by Crippen LogP contribution is 2.37. The Hall–Kier alpha value is -1.55. The number of carbonyl (C=O) groups is 1. The minimum absolute atomic E-state index is 0.0257. The normalized spacial score (nSPS) is 26.4. The summed E-state index contributed by atoms with van der Waals surface area (Å²) in [6, 6.07) is 7.85. The van der Waals surface area contributed by atoms with Crippen LogP contribution in [0.4, 0.5) is 10.5 Å². The molecule has 0 radical (unpaired) electrons. The summed E-state index contributed by atoms with van der Waals surface area (Å²) in [5.74, 6) is 1.47. The van der Waals surface area contributed by atoms with Crippen molar-refractivity contribution in [2.24, 2.45) is 17.6 Å². The number of benzene rings is 1. The highest BCUT2D eigenvalue weighted by atomic mass is 16.2. The van der Waals surface area contributed by atoms with Gasteiger partial charge in [0.2, 0.25) is 0 Å². The van der Waals surface area contributed by atoms with Gasteiger partial charge in [0.05, 0.1) is 0 Å². The molecule has 0 spiro atoms. The molecule has 2 fully saturated rings. The van der Waals surface area contributed by atoms with Crippen molar-refractivity contribution in [1.29, 1.82) is 0 Å². The Morgan fingerprint density at radius 2 is 1.85 bits per heavy atom. The molecule has 1 aromatic rings. The molecular formula is C16H23N3O. The van der Waals surface area contributed by atoms with Crippen LogP contribution in [0.3, 0.4) is 0 Å². The lowest BCUT2D eigenvalue weighted by Crippen LogP contribution is -2.33. The largest absolute Gasteiger partial charge is 0.324 e. The van der Waals surface area contributed by atoms with Gasteiger partial charge in [0, 0.05) is 24.8 Å². The number of fused-ring (bicyclic) bond motifs is 1. The molecular weight excluding hydrogens is 250 g/mol. The van der Waals surface area contributed by atoms with Crippen LogP contribution in [0, 0.1) is 11.8 Å². The third-order valence-corrected chi connectivity index (χ3v) is 4.70. The first-order chi connectivity index (χ1) is 9.63. The Kier molecular flexibility index (Phi) is 3.66. The van der Waals surface area contributed by atoms with Crippen molar-refractivity contribution < 1.29 is 4.79 Å². The number of likely N-dealkylation sites (tertiary alicyclic amines) is 1. The number of anilines is 1. The number of nitrogens with two attached hydrogens (primary N) is 1. The van der Waals surface area contributed by atoms with Gasteiger partial charge in [0.15, 0.2) is 0 Å². The average Bonchev–Trinajstić information content (AvgIpc) is 2.99. The van der Waals surface area contributed by atoms with Crippen LogP contribution in [-0.2, 0) is 0 Å². The third kappa shape index (κ3) is 2.66. The van der Waals surface area contributed by atoms with E-state index in [2.05, 4.69) is 5.32 Å². The van der Waals surface area contributed by atoms with Crippen LogP contribution in [0.5, 0.6) is 0 Å². The second kappa shape index (κ2) is 5.44. The lowest BCUT2D eigenvalue weighted by Gasteiger charge is -2.18. The highest BCUT2D eigenvalue weighted by Gasteiger charge is 2.37. The fraction of sp³-hybridized carbons (Fsp3) is 0.562. The van der Waals surface area contributed by atoms with Gasteiger partial charge in [-0.15, -0.1) is 0 Å². The van der Waals surface area contributed by atoms with Crippen LogP contribution in [0.25, 0.3) is 0 Å². The molecule has 4 heteroatoms. The molecule has 1 aliphatic carbocycles. The van der Waals surface area contributed by atoms with Crippen molar-refractivity contribution in [3.05, 3.63) is 29.8 Å². The minimum Gasteiger partial charge on any atom is -0.324 e. The molecule has 2 amide bonds. The summed E-state index contributed by atoms with van der Waals surface area (Å²) in [4.78, 5) is 14.2. The summed E-state index contributed by atoms with van der Waals surface area (Å²) < 4.78 is 0. The smallest absolute Gasteiger partial charge is 0.321 e. The number of amides is 2. The number of hydrogen-bond donors (Lipinski definition) is 2. The average molecular weight is 273 g/mol. The molecule has 20 heavy (non-hydrogen) atoms. The number of rotatable bonds is 2. The van der Waals surface area contributed by atoms with Gasteiger partial charge in [-0.3, -0.25) is 0 Å². The van der Waals surface area contributed by atoms with Gasteiger partial charge < -0.3 is 16.0 Å². The van der Waals surface area contributed by atoms with Crippen molar-refractivity contribution in [2.45, 2.75) is 32.2 Å². The fourth-order valence-corrected chi connectivity index (χ4v) is 3.47. The van der Waals surface area contributed by atoms with E-state index in [1.54, 1.807) is 0 Å². The topological polar surface area (TPSA) is 58.4 Å². The molecule has 3 rings (SSSR count). The quantitative estimate of drug-likeness (QED) is 0.870. The third-order valence-electron chi connectivity index (χ3n) is 4.70. The first-order valence-corrected chi connectivity index (χ1v) is 7.55. The zero-order valence-electron chi connectivity index (χ0n) is 12.0. The van der Waals surface area contributed by atoms with Gasteiger partial charge in [-0.1, -0.05) is 18.6 Å². The standard InChI is InChI=1S/C16H23N3O/c1-11(17)12-5-7-15(8-6-12)18-16(20)19-9-13-3-2-4-14(13)10-19/h5-8,11,13-14H,2-4,9-10,17H2,1H3,(H,18,20). The predicted molar refractivity (Wildman–Crippen MR) is 80.5 cm³/mol. The Morgan fingerprint density at radius 1 is 1.25 bits per heavy atom. The molecule has 1 aliphatic heterocycles. The summed E-state index contributed by atoms with van der Waals surface area (Å²) in [6.45, 7) is 3.80. The number of hydrogen-bond acceptors (Lipinski definition) is 2. The Bertz CT molecular complexity index is 471. The minimum atomic E-state index is 0.0257. The molecule has 1 saturated carbocycles. The molecule has 1 heterocycles. The summed E-state index contributed by atoms with van der Waals surface area (Å²) in [6.07, 6.45) is 3.92. The van der Waals surface area contributed by atoms with Gasteiger partial charge in [-0.2, -0.15) is 0 Å². The van der Waals surface area contributed by atoms with Crippen molar-refractivity contribution in [2.75, 3.05) is 18.4 Å². The molecule has 3 N–H and O–H groups in total. The summed E-state index contributed by atoms with van der Waals surface area (Å²) in [5, 5.41) is 2.99. The maximum absolute atomic E-state index is 12.3. The van der Waals surface area contributed by atoms with Crippen LogP contribution in [-0.4, -0.2) is 24.0 Å². The number of urea groups is 1. The summed E-state index contributed by atoms with van der Waals surface area (Å²) >= 11 is 0. The molecule has 0 bridgehead atoms. The molecule has 108 valence electrons. The van der Waals surface area contributed by atoms with Crippen molar-refractivity contribution >= 4 is 11.7 Å². The maximum atomic E-state index is 12.3. The van der Waals surface area contributed by atoms with E-state index in [0.29, 0.717) is 0 Å². The SMILES string of the molecule is CC(N)c1ccc(NC(=O)N2CC3CCCC3C2)cc1. The van der Waals surface area contributed by atoms with E-state index in [-0.39, 0.29) is 12.1 Å². The van der Waals surface area contributed by atoms with Gasteiger partial charge in [0.25, 0.3) is 0 Å². The van der Waals surface area contributed by atoms with Crippen molar-refractivity contribution in [3.8, 4) is 0 Å². The first-order valence-electron chi connectivity index (χ1n) is 7.55. The number of carbonyl (C=O) groups excluding carboxylic acids is 1. The monoisotopic (exact) mass is 273 g/mol. The van der Waals surface area contributed by atoms with Gasteiger partial charge >= 0.3 is 6.03 Å². The van der Waals surface area contributed by atoms with Crippen LogP contribution in [0.15, 0.2) is 24.3 Å². The molecule has 1 aromatic carbocycles. The van der Waals surface area contributed by atoms with Crippen molar-refractivity contribution in [1.82, 2.24) is 4.90 Å². The van der Waals surface area contributed by atoms with E-state index in [0.717, 1.165) is 36.2 Å². The highest BCUT2D eigenvalue weighted by molar-refractivity contribution is 5.89. The van der Waals surface area contributed by atoms with E-state index in [1.165, 1.54) is 19.3 Å². The van der Waals surface area contributed by atoms with E-state index < -0.39 is 0 Å². The van der Waals surface area contributed by atoms with Gasteiger partial charge in [0.1, 0.15) is 0 Å². The maximum Gasteiger partial charge on any atom is 0.321 e. The lowest BCUT2D eigenvalue weighted by atomic mass is 10.0. The van der Waals surface area contributed by atoms with Crippen LogP contribution >= 0.6 is 0 Å². The zero-order chi connectivity index (χ0) is 14.1. The van der Waals surface area contributed by atoms with Crippen LogP contribution in [0.2, 0.25) is 0 Å². The number of nitrogens with zero attached hydrogens (tertiary/aromatic N) is 1. The Balaban J connectivity index is 1.59. The van der Waals surface area contributed by atoms with Crippen LogP contribution in [0.1, 0.15) is 37.8 Å². The second-order valence-electron chi connectivity index (χ2n) is 6.20. The zero-order valence-corrected chi connectivity index (χ0v) is 12.0. The second-order valence-corrected chi connectivity index (χ2v) is 6.20. The first kappa shape index (κ1) is 13.4. The Morgan fingerprint density at radius 3 is 2.40 bits per heavy atom. The van der Waals surface area contributed by atoms with E-state index >= 15 is 0 Å². The van der Waals surface area contributed by atoms with Gasteiger partial charge in [-0.25, -0.2) is 4.79 Å². The van der Waals surface area contributed by atoms with E-state index in [1.807, 2.05) is 36.1 Å². The molecule has 4 nitrogen and oxygen atoms in total. The lowest BCUT2D eigenvalue weighted by molar-refractivity contribution is 0.219. The molecule has 2 aliphatic rings. The van der Waals surface area contributed by atoms with E-state index in [9.17, 15) is 4.79 Å².